The molecule has 1 amide bonds. The summed E-state index contributed by atoms with van der Waals surface area (Å²) >= 11 is 0. The van der Waals surface area contributed by atoms with Crippen molar-refractivity contribution in [2.45, 2.75) is 39.7 Å². The number of aromatic nitrogens is 4. The lowest BCUT2D eigenvalue weighted by Gasteiger charge is -2.12. The van der Waals surface area contributed by atoms with E-state index < -0.39 is 0 Å². The van der Waals surface area contributed by atoms with E-state index >= 15 is 0 Å². The molecule has 0 bridgehead atoms. The topological polar surface area (TPSA) is 83.6 Å². The fourth-order valence-electron chi connectivity index (χ4n) is 1.65. The molecule has 106 valence electrons. The minimum atomic E-state index is -0.304. The van der Waals surface area contributed by atoms with Crippen LogP contribution in [0.15, 0.2) is 18.3 Å². The number of H-pyrrole nitrogens is 1. The van der Waals surface area contributed by atoms with Crippen LogP contribution < -0.4 is 5.32 Å². The van der Waals surface area contributed by atoms with Crippen LogP contribution in [-0.2, 0) is 12.0 Å². The Labute approximate surface area is 118 Å². The first-order valence-electron chi connectivity index (χ1n) is 6.49. The number of aryl methyl sites for hydroxylation is 1. The summed E-state index contributed by atoms with van der Waals surface area (Å²) in [6.45, 7) is 8.34. The van der Waals surface area contributed by atoms with Crippen LogP contribution in [0, 0.1) is 6.92 Å². The average molecular weight is 273 g/mol. The number of amides is 1. The van der Waals surface area contributed by atoms with Gasteiger partial charge in [0.05, 0.1) is 12.2 Å². The lowest BCUT2D eigenvalue weighted by Crippen LogP contribution is -2.25. The molecule has 0 aromatic carbocycles. The Morgan fingerprint density at radius 2 is 2.15 bits per heavy atom. The number of nitrogens with zero attached hydrogens (tertiary/aromatic N) is 3. The van der Waals surface area contributed by atoms with Crippen LogP contribution in [0.4, 0.5) is 0 Å². The van der Waals surface area contributed by atoms with Gasteiger partial charge in [0.15, 0.2) is 0 Å². The lowest BCUT2D eigenvalue weighted by molar-refractivity contribution is 0.0940. The van der Waals surface area contributed by atoms with Crippen molar-refractivity contribution < 1.29 is 4.79 Å². The van der Waals surface area contributed by atoms with Gasteiger partial charge in [-0.3, -0.25) is 14.9 Å². The minimum absolute atomic E-state index is 0.156. The molecule has 2 aromatic rings. The van der Waals surface area contributed by atoms with E-state index in [1.54, 1.807) is 6.20 Å². The maximum atomic E-state index is 12.0. The highest BCUT2D eigenvalue weighted by Crippen LogP contribution is 2.17. The van der Waals surface area contributed by atoms with Crippen LogP contribution in [0.1, 0.15) is 48.5 Å². The fraction of sp³-hybridized carbons (Fsp3) is 0.429. The molecule has 0 atom stereocenters. The Morgan fingerprint density at radius 3 is 2.75 bits per heavy atom. The van der Waals surface area contributed by atoms with E-state index in [1.807, 2.05) is 39.8 Å². The summed E-state index contributed by atoms with van der Waals surface area (Å²) < 4.78 is 0. The van der Waals surface area contributed by atoms with Gasteiger partial charge in [-0.1, -0.05) is 26.8 Å². The largest absolute Gasteiger partial charge is 0.344 e. The average Bonchev–Trinajstić information content (AvgIpc) is 2.87. The molecule has 0 fully saturated rings. The van der Waals surface area contributed by atoms with E-state index in [-0.39, 0.29) is 17.1 Å². The molecule has 6 heteroatoms. The maximum absolute atomic E-state index is 12.0. The molecule has 0 saturated carbocycles. The highest BCUT2D eigenvalue weighted by molar-refractivity contribution is 5.90. The van der Waals surface area contributed by atoms with E-state index in [2.05, 4.69) is 25.5 Å². The molecular formula is C14H19N5O. The molecule has 0 radical (unpaired) electrons. The number of aromatic amines is 1. The molecule has 0 unspecified atom stereocenters. The van der Waals surface area contributed by atoms with Crippen LogP contribution in [0.2, 0.25) is 0 Å². The summed E-state index contributed by atoms with van der Waals surface area (Å²) in [6.07, 6.45) is 1.71. The number of hydrogen-bond donors (Lipinski definition) is 2. The summed E-state index contributed by atoms with van der Waals surface area (Å²) in [5, 5.41) is 9.52. The van der Waals surface area contributed by atoms with E-state index in [9.17, 15) is 4.79 Å². The molecule has 2 N–H and O–H groups in total. The smallest absolute Gasteiger partial charge is 0.291 e. The van der Waals surface area contributed by atoms with Gasteiger partial charge in [0.2, 0.25) is 5.82 Å². The van der Waals surface area contributed by atoms with Crippen LogP contribution in [0.3, 0.4) is 0 Å². The highest BCUT2D eigenvalue weighted by atomic mass is 16.2. The number of carbonyl (C=O) groups excluding carboxylic acids is 1. The maximum Gasteiger partial charge on any atom is 0.291 e. The Balaban J connectivity index is 2.02. The Morgan fingerprint density at radius 1 is 1.40 bits per heavy atom. The number of carbonyl (C=O) groups is 1. The number of nitrogens with one attached hydrogen (secondary N) is 2. The molecule has 0 spiro atoms. The Bertz CT molecular complexity index is 612. The molecule has 2 aromatic heterocycles. The van der Waals surface area contributed by atoms with E-state index in [0.29, 0.717) is 12.4 Å². The summed E-state index contributed by atoms with van der Waals surface area (Å²) in [4.78, 5) is 20.4. The molecule has 20 heavy (non-hydrogen) atoms. The van der Waals surface area contributed by atoms with Crippen molar-refractivity contribution in [2.75, 3.05) is 0 Å². The van der Waals surface area contributed by atoms with Crippen molar-refractivity contribution in [3.8, 4) is 0 Å². The van der Waals surface area contributed by atoms with Crippen LogP contribution in [0.5, 0.6) is 0 Å². The van der Waals surface area contributed by atoms with Gasteiger partial charge < -0.3 is 5.32 Å². The van der Waals surface area contributed by atoms with Crippen molar-refractivity contribution in [1.29, 1.82) is 0 Å². The van der Waals surface area contributed by atoms with Gasteiger partial charge in [-0.15, -0.1) is 5.10 Å². The molecule has 0 aliphatic heterocycles. The van der Waals surface area contributed by atoms with Crippen molar-refractivity contribution in [3.63, 3.8) is 0 Å². The summed E-state index contributed by atoms with van der Waals surface area (Å²) in [7, 11) is 0. The standard InChI is InChI=1S/C14H19N5O/c1-9-6-5-7-15-10(9)8-16-12(20)11-17-13(19-18-11)14(2,3)4/h5-7H,8H2,1-4H3,(H,16,20)(H,17,18,19). The van der Waals surface area contributed by atoms with Crippen molar-refractivity contribution >= 4 is 5.91 Å². The zero-order valence-corrected chi connectivity index (χ0v) is 12.2. The number of rotatable bonds is 3. The van der Waals surface area contributed by atoms with Crippen molar-refractivity contribution in [1.82, 2.24) is 25.5 Å². The predicted molar refractivity (Wildman–Crippen MR) is 75.2 cm³/mol. The van der Waals surface area contributed by atoms with E-state index in [0.717, 1.165) is 11.3 Å². The predicted octanol–water partition coefficient (Wildman–Crippen LogP) is 1.74. The van der Waals surface area contributed by atoms with Gasteiger partial charge in [-0.2, -0.15) is 0 Å². The third-order valence-corrected chi connectivity index (χ3v) is 2.93. The first-order chi connectivity index (χ1) is 9.38. The minimum Gasteiger partial charge on any atom is -0.344 e. The van der Waals surface area contributed by atoms with Crippen LogP contribution in [-0.4, -0.2) is 26.1 Å². The first-order valence-corrected chi connectivity index (χ1v) is 6.49. The quantitative estimate of drug-likeness (QED) is 0.892. The van der Waals surface area contributed by atoms with Crippen LogP contribution in [0.25, 0.3) is 0 Å². The number of hydrogen-bond acceptors (Lipinski definition) is 4. The first kappa shape index (κ1) is 14.2. The van der Waals surface area contributed by atoms with Crippen LogP contribution >= 0.6 is 0 Å². The lowest BCUT2D eigenvalue weighted by atomic mass is 9.96. The SMILES string of the molecule is Cc1cccnc1CNC(=O)c1n[nH]c(C(C)(C)C)n1. The molecule has 6 nitrogen and oxygen atoms in total. The van der Waals surface area contributed by atoms with Gasteiger partial charge in [0.25, 0.3) is 5.91 Å². The van der Waals surface area contributed by atoms with Gasteiger partial charge in [0, 0.05) is 11.6 Å². The summed E-state index contributed by atoms with van der Waals surface area (Å²) in [5.74, 6) is 0.543. The second kappa shape index (κ2) is 5.40. The van der Waals surface area contributed by atoms with Gasteiger partial charge in [0.1, 0.15) is 5.82 Å². The van der Waals surface area contributed by atoms with E-state index in [1.165, 1.54) is 0 Å². The Kier molecular flexibility index (Phi) is 3.83. The normalized spacial score (nSPS) is 11.4. The molecule has 0 aliphatic rings. The Hall–Kier alpha value is -2.24. The molecule has 2 rings (SSSR count). The second-order valence-corrected chi connectivity index (χ2v) is 5.71. The van der Waals surface area contributed by atoms with Crippen molar-refractivity contribution in [3.05, 3.63) is 41.2 Å². The van der Waals surface area contributed by atoms with Gasteiger partial charge in [-0.05, 0) is 18.6 Å². The summed E-state index contributed by atoms with van der Waals surface area (Å²) in [5.41, 5.74) is 1.72. The van der Waals surface area contributed by atoms with E-state index in [4.69, 9.17) is 0 Å². The second-order valence-electron chi connectivity index (χ2n) is 5.71. The third kappa shape index (κ3) is 3.20. The molecule has 2 heterocycles. The molecule has 0 aliphatic carbocycles. The zero-order chi connectivity index (χ0) is 14.8. The molecular weight excluding hydrogens is 254 g/mol. The molecule has 0 saturated heterocycles. The summed E-state index contributed by atoms with van der Waals surface area (Å²) in [6, 6.07) is 3.82. The number of pyridine rings is 1. The van der Waals surface area contributed by atoms with Crippen molar-refractivity contribution in [2.24, 2.45) is 0 Å². The highest BCUT2D eigenvalue weighted by Gasteiger charge is 2.21. The zero-order valence-electron chi connectivity index (χ0n) is 12.2. The monoisotopic (exact) mass is 273 g/mol. The van der Waals surface area contributed by atoms with Gasteiger partial charge >= 0.3 is 0 Å². The van der Waals surface area contributed by atoms with Gasteiger partial charge in [-0.25, -0.2) is 4.98 Å². The fourth-order valence-corrected chi connectivity index (χ4v) is 1.65. The third-order valence-electron chi connectivity index (χ3n) is 2.93.